The number of hydrogen-bond donors (Lipinski definition) is 0. The Kier molecular flexibility index (Phi) is 3.35. The zero-order valence-corrected chi connectivity index (χ0v) is 8.75. The van der Waals surface area contributed by atoms with Crippen molar-refractivity contribution in [1.82, 2.24) is 0 Å². The third-order valence-electron chi connectivity index (χ3n) is 1.71. The van der Waals surface area contributed by atoms with E-state index in [9.17, 15) is 14.5 Å². The fourth-order valence-electron chi connectivity index (χ4n) is 0.976. The van der Waals surface area contributed by atoms with Gasteiger partial charge in [0.15, 0.2) is 0 Å². The smallest absolute Gasteiger partial charge is 0.258 e. The van der Waals surface area contributed by atoms with Crippen LogP contribution in [0.3, 0.4) is 0 Å². The Morgan fingerprint density at radius 2 is 2.29 bits per heavy atom. The van der Waals surface area contributed by atoms with Gasteiger partial charge in [0, 0.05) is 17.0 Å². The molecule has 0 saturated carbocycles. The summed E-state index contributed by atoms with van der Waals surface area (Å²) in [5, 5.41) is 10.7. The summed E-state index contributed by atoms with van der Waals surface area (Å²) in [4.78, 5) is 9.68. The minimum absolute atomic E-state index is 0.256. The van der Waals surface area contributed by atoms with Crippen LogP contribution in [-0.4, -0.2) is 10.3 Å². The number of allylic oxidation sites excluding steroid dienone is 1. The first kappa shape index (κ1) is 10.8. The van der Waals surface area contributed by atoms with Gasteiger partial charge in [0.25, 0.3) is 5.69 Å². The predicted molar refractivity (Wildman–Crippen MR) is 55.9 cm³/mol. The number of alkyl halides is 1. The Labute approximate surface area is 88.5 Å². The largest absolute Gasteiger partial charge is 0.272 e. The molecule has 0 amide bonds. The van der Waals surface area contributed by atoms with Crippen molar-refractivity contribution in [3.05, 3.63) is 46.3 Å². The molecule has 0 unspecified atom stereocenters. The van der Waals surface area contributed by atoms with Gasteiger partial charge in [0.1, 0.15) is 5.82 Å². The summed E-state index contributed by atoms with van der Waals surface area (Å²) in [5.41, 5.74) is 0.596. The number of rotatable bonds is 3. The maximum absolute atomic E-state index is 13.3. The zero-order chi connectivity index (χ0) is 10.7. The highest BCUT2D eigenvalue weighted by Gasteiger charge is 2.11. The molecule has 0 aliphatic heterocycles. The van der Waals surface area contributed by atoms with Crippen LogP contribution in [0.15, 0.2) is 24.8 Å². The molecule has 0 fully saturated rings. The van der Waals surface area contributed by atoms with E-state index in [1.165, 1.54) is 12.1 Å². The van der Waals surface area contributed by atoms with Gasteiger partial charge in [-0.25, -0.2) is 4.39 Å². The lowest BCUT2D eigenvalue weighted by Gasteiger charge is -2.02. The third kappa shape index (κ3) is 2.17. The van der Waals surface area contributed by atoms with Crippen molar-refractivity contribution < 1.29 is 9.31 Å². The highest BCUT2D eigenvalue weighted by molar-refractivity contribution is 9.09. The number of non-ortho nitro benzene ring substituents is 1. The lowest BCUT2D eigenvalue weighted by atomic mass is 10.1. The Bertz CT molecular complexity index is 392. The first-order chi connectivity index (χ1) is 6.56. The molecule has 0 aromatic heterocycles. The van der Waals surface area contributed by atoms with E-state index >= 15 is 0 Å². The number of nitro benzene ring substituents is 1. The van der Waals surface area contributed by atoms with Crippen LogP contribution in [0, 0.1) is 15.9 Å². The Hall–Kier alpha value is -1.23. The monoisotopic (exact) mass is 259 g/mol. The molecular formula is C9H7BrFNO2. The molecule has 5 heteroatoms. The van der Waals surface area contributed by atoms with Gasteiger partial charge in [-0.1, -0.05) is 22.5 Å². The van der Waals surface area contributed by atoms with Crippen molar-refractivity contribution >= 4 is 27.2 Å². The molecule has 0 aliphatic carbocycles. The first-order valence-electron chi connectivity index (χ1n) is 3.74. The Morgan fingerprint density at radius 1 is 1.64 bits per heavy atom. The van der Waals surface area contributed by atoms with Gasteiger partial charge in [-0.2, -0.15) is 0 Å². The second-order valence-corrected chi connectivity index (χ2v) is 3.22. The van der Waals surface area contributed by atoms with Gasteiger partial charge in [-0.05, 0) is 11.6 Å². The summed E-state index contributed by atoms with van der Waals surface area (Å²) in [7, 11) is 0. The van der Waals surface area contributed by atoms with Crippen LogP contribution in [0.1, 0.15) is 5.56 Å². The molecular weight excluding hydrogens is 253 g/mol. The summed E-state index contributed by atoms with van der Waals surface area (Å²) in [6.07, 6.45) is 0. The van der Waals surface area contributed by atoms with Gasteiger partial charge < -0.3 is 0 Å². The second-order valence-electron chi connectivity index (χ2n) is 2.66. The molecule has 0 N–H and O–H groups in total. The number of halogens is 2. The van der Waals surface area contributed by atoms with Crippen molar-refractivity contribution in [3.8, 4) is 0 Å². The molecule has 1 aromatic carbocycles. The van der Waals surface area contributed by atoms with Crippen LogP contribution < -0.4 is 0 Å². The van der Waals surface area contributed by atoms with Gasteiger partial charge >= 0.3 is 0 Å². The molecule has 0 radical (unpaired) electrons. The third-order valence-corrected chi connectivity index (χ3v) is 2.38. The summed E-state index contributed by atoms with van der Waals surface area (Å²) in [5.74, 6) is -0.622. The Morgan fingerprint density at radius 3 is 2.71 bits per heavy atom. The standard InChI is InChI=1S/C9H7BrFNO2/c1-6(5-10)8-3-2-7(12(13)14)4-9(8)11/h2-4H,1,5H2. The molecule has 0 heterocycles. The SMILES string of the molecule is C=C(CBr)c1ccc([N+](=O)[O-])cc1F. The highest BCUT2D eigenvalue weighted by atomic mass is 79.9. The van der Waals surface area contributed by atoms with Crippen molar-refractivity contribution in [2.45, 2.75) is 0 Å². The van der Waals surface area contributed by atoms with Crippen LogP contribution >= 0.6 is 15.9 Å². The average molecular weight is 260 g/mol. The van der Waals surface area contributed by atoms with E-state index in [0.29, 0.717) is 16.5 Å². The Balaban J connectivity index is 3.14. The molecule has 0 spiro atoms. The second kappa shape index (κ2) is 4.32. The number of benzene rings is 1. The quantitative estimate of drug-likeness (QED) is 0.476. The van der Waals surface area contributed by atoms with E-state index < -0.39 is 10.7 Å². The van der Waals surface area contributed by atoms with Gasteiger partial charge in [-0.3, -0.25) is 10.1 Å². The van der Waals surface area contributed by atoms with Crippen molar-refractivity contribution in [3.63, 3.8) is 0 Å². The summed E-state index contributed by atoms with van der Waals surface area (Å²) >= 11 is 3.13. The van der Waals surface area contributed by atoms with E-state index in [1.54, 1.807) is 0 Å². The minimum atomic E-state index is -0.635. The molecule has 3 nitrogen and oxygen atoms in total. The van der Waals surface area contributed by atoms with Crippen LogP contribution in [-0.2, 0) is 0 Å². The maximum atomic E-state index is 13.3. The minimum Gasteiger partial charge on any atom is -0.258 e. The van der Waals surface area contributed by atoms with Crippen LogP contribution in [0.25, 0.3) is 5.57 Å². The molecule has 1 aromatic rings. The highest BCUT2D eigenvalue weighted by Crippen LogP contribution is 2.22. The molecule has 0 saturated heterocycles. The molecule has 0 aliphatic rings. The summed E-state index contributed by atoms with van der Waals surface area (Å²) in [6, 6.07) is 3.51. The fourth-order valence-corrected chi connectivity index (χ4v) is 1.28. The van der Waals surface area contributed by atoms with Gasteiger partial charge in [0.2, 0.25) is 0 Å². The summed E-state index contributed by atoms with van der Waals surface area (Å²) < 4.78 is 13.3. The van der Waals surface area contributed by atoms with E-state index in [2.05, 4.69) is 22.5 Å². The van der Waals surface area contributed by atoms with Crippen LogP contribution in [0.4, 0.5) is 10.1 Å². The van der Waals surface area contributed by atoms with E-state index in [4.69, 9.17) is 0 Å². The normalized spacial score (nSPS) is 9.86. The van der Waals surface area contributed by atoms with E-state index in [1.807, 2.05) is 0 Å². The van der Waals surface area contributed by atoms with Crippen LogP contribution in [0.2, 0.25) is 0 Å². The number of nitro groups is 1. The molecule has 74 valence electrons. The zero-order valence-electron chi connectivity index (χ0n) is 7.17. The maximum Gasteiger partial charge on any atom is 0.272 e. The first-order valence-corrected chi connectivity index (χ1v) is 4.86. The van der Waals surface area contributed by atoms with Gasteiger partial charge in [0.05, 0.1) is 11.0 Å². The average Bonchev–Trinajstić information content (AvgIpc) is 2.16. The van der Waals surface area contributed by atoms with Crippen molar-refractivity contribution in [2.75, 3.05) is 5.33 Å². The predicted octanol–water partition coefficient (Wildman–Crippen LogP) is 3.14. The lowest BCUT2D eigenvalue weighted by Crippen LogP contribution is -1.93. The molecule has 0 bridgehead atoms. The molecule has 0 atom stereocenters. The molecule has 14 heavy (non-hydrogen) atoms. The van der Waals surface area contributed by atoms with Gasteiger partial charge in [-0.15, -0.1) is 0 Å². The van der Waals surface area contributed by atoms with E-state index in [0.717, 1.165) is 6.07 Å². The topological polar surface area (TPSA) is 43.1 Å². The summed E-state index contributed by atoms with van der Waals surface area (Å²) in [6.45, 7) is 3.62. The lowest BCUT2D eigenvalue weighted by molar-refractivity contribution is -0.385. The number of nitrogens with zero attached hydrogens (tertiary/aromatic N) is 1. The molecule has 1 rings (SSSR count). The van der Waals surface area contributed by atoms with Crippen LogP contribution in [0.5, 0.6) is 0 Å². The fraction of sp³-hybridized carbons (Fsp3) is 0.111. The van der Waals surface area contributed by atoms with E-state index in [-0.39, 0.29) is 5.69 Å². The van der Waals surface area contributed by atoms with Crippen molar-refractivity contribution in [1.29, 1.82) is 0 Å². The van der Waals surface area contributed by atoms with Crippen molar-refractivity contribution in [2.24, 2.45) is 0 Å². The number of hydrogen-bond acceptors (Lipinski definition) is 2.